The van der Waals surface area contributed by atoms with Gasteiger partial charge in [-0.2, -0.15) is 0 Å². The summed E-state index contributed by atoms with van der Waals surface area (Å²) < 4.78 is 6.23. The molecular formula is C13H16INO2. The van der Waals surface area contributed by atoms with Crippen LogP contribution >= 0.6 is 22.6 Å². The van der Waals surface area contributed by atoms with Crippen LogP contribution in [0, 0.1) is 0 Å². The molecule has 0 aromatic heterocycles. The highest BCUT2D eigenvalue weighted by atomic mass is 127. The molecule has 3 nitrogen and oxygen atoms in total. The van der Waals surface area contributed by atoms with Crippen molar-refractivity contribution in [1.29, 1.82) is 0 Å². The van der Waals surface area contributed by atoms with Gasteiger partial charge in [-0.15, -0.1) is 0 Å². The molecular weight excluding hydrogens is 329 g/mol. The van der Waals surface area contributed by atoms with Crippen molar-refractivity contribution >= 4 is 28.7 Å². The van der Waals surface area contributed by atoms with Crippen molar-refractivity contribution in [1.82, 2.24) is 5.32 Å². The molecule has 1 fully saturated rings. The predicted octanol–water partition coefficient (Wildman–Crippen LogP) is 2.92. The summed E-state index contributed by atoms with van der Waals surface area (Å²) in [6.07, 6.45) is 2.58. The monoisotopic (exact) mass is 345 g/mol. The number of cyclic esters (lactones) is 1. The van der Waals surface area contributed by atoms with Crippen LogP contribution in [0.1, 0.15) is 18.4 Å². The van der Waals surface area contributed by atoms with Crippen molar-refractivity contribution in [3.05, 3.63) is 35.9 Å². The zero-order valence-electron chi connectivity index (χ0n) is 9.56. The average Bonchev–Trinajstić information content (AvgIpc) is 2.37. The minimum atomic E-state index is -0.268. The summed E-state index contributed by atoms with van der Waals surface area (Å²) in [4.78, 5) is 11.3. The van der Waals surface area contributed by atoms with Crippen molar-refractivity contribution in [2.24, 2.45) is 0 Å². The molecule has 0 spiro atoms. The Morgan fingerprint density at radius 2 is 2.12 bits per heavy atom. The van der Waals surface area contributed by atoms with Crippen LogP contribution in [0.25, 0.3) is 0 Å². The van der Waals surface area contributed by atoms with Crippen LogP contribution in [0.15, 0.2) is 30.3 Å². The first kappa shape index (κ1) is 12.7. The van der Waals surface area contributed by atoms with Crippen LogP contribution < -0.4 is 5.32 Å². The number of nitrogens with one attached hydrogen (secondary N) is 1. The Balaban J connectivity index is 1.84. The number of ether oxygens (including phenoxy) is 1. The molecule has 1 amide bonds. The number of aryl methyl sites for hydroxylation is 1. The maximum atomic E-state index is 11.3. The summed E-state index contributed by atoms with van der Waals surface area (Å²) in [6, 6.07) is 10.6. The largest absolute Gasteiger partial charge is 0.446 e. The van der Waals surface area contributed by atoms with E-state index >= 15 is 0 Å². The van der Waals surface area contributed by atoms with Crippen LogP contribution in [0.2, 0.25) is 0 Å². The molecule has 17 heavy (non-hydrogen) atoms. The van der Waals surface area contributed by atoms with E-state index in [2.05, 4.69) is 40.0 Å². The van der Waals surface area contributed by atoms with E-state index < -0.39 is 0 Å². The van der Waals surface area contributed by atoms with Crippen LogP contribution in [0.5, 0.6) is 0 Å². The van der Waals surface area contributed by atoms with Crippen LogP contribution in [-0.4, -0.2) is 22.7 Å². The minimum Gasteiger partial charge on any atom is -0.446 e. The van der Waals surface area contributed by atoms with Crippen LogP contribution in [0.4, 0.5) is 4.79 Å². The Hall–Kier alpha value is -0.780. The Morgan fingerprint density at radius 1 is 1.35 bits per heavy atom. The van der Waals surface area contributed by atoms with Gasteiger partial charge in [0.1, 0.15) is 6.10 Å². The highest BCUT2D eigenvalue weighted by Crippen LogP contribution is 2.17. The molecule has 1 aromatic carbocycles. The summed E-state index contributed by atoms with van der Waals surface area (Å²) >= 11 is 2.30. The molecule has 0 aliphatic carbocycles. The molecule has 0 radical (unpaired) electrons. The summed E-state index contributed by atoms with van der Waals surface area (Å²) in [5, 5.41) is 2.83. The second-order valence-electron chi connectivity index (χ2n) is 4.28. The third kappa shape index (κ3) is 3.87. The van der Waals surface area contributed by atoms with Gasteiger partial charge in [0.05, 0.1) is 0 Å². The molecule has 1 aliphatic heterocycles. The molecule has 1 aliphatic rings. The molecule has 92 valence electrons. The van der Waals surface area contributed by atoms with Gasteiger partial charge in [-0.05, 0) is 18.4 Å². The van der Waals surface area contributed by atoms with E-state index in [9.17, 15) is 4.79 Å². The van der Waals surface area contributed by atoms with Crippen LogP contribution in [-0.2, 0) is 11.2 Å². The van der Waals surface area contributed by atoms with E-state index in [1.165, 1.54) is 5.56 Å². The zero-order valence-corrected chi connectivity index (χ0v) is 11.7. The van der Waals surface area contributed by atoms with Crippen LogP contribution in [0.3, 0.4) is 0 Å². The van der Waals surface area contributed by atoms with Gasteiger partial charge in [0.25, 0.3) is 0 Å². The molecule has 0 saturated carbocycles. The van der Waals surface area contributed by atoms with Gasteiger partial charge in [-0.1, -0.05) is 52.9 Å². The van der Waals surface area contributed by atoms with Crippen molar-refractivity contribution < 1.29 is 9.53 Å². The second-order valence-corrected chi connectivity index (χ2v) is 5.16. The van der Waals surface area contributed by atoms with E-state index in [1.54, 1.807) is 0 Å². The number of alkyl halides is 1. The first-order chi connectivity index (χ1) is 8.28. The Morgan fingerprint density at radius 3 is 2.82 bits per heavy atom. The number of benzene rings is 1. The zero-order chi connectivity index (χ0) is 12.1. The molecule has 0 unspecified atom stereocenters. The maximum absolute atomic E-state index is 11.3. The van der Waals surface area contributed by atoms with Gasteiger partial charge < -0.3 is 10.1 Å². The SMILES string of the molecule is O=C1N[C@@H](CI)C[C@@H](CCc2ccccc2)O1. The number of hydrogen-bond acceptors (Lipinski definition) is 2. The van der Waals surface area contributed by atoms with Crippen molar-refractivity contribution in [2.45, 2.75) is 31.4 Å². The molecule has 2 rings (SSSR count). The number of halogens is 1. The third-order valence-electron chi connectivity index (χ3n) is 2.93. The fraction of sp³-hybridized carbons (Fsp3) is 0.462. The first-order valence-electron chi connectivity index (χ1n) is 5.85. The highest BCUT2D eigenvalue weighted by molar-refractivity contribution is 14.1. The Labute approximate surface area is 115 Å². The fourth-order valence-corrected chi connectivity index (χ4v) is 2.61. The standard InChI is InChI=1S/C13H16INO2/c14-9-11-8-12(17-13(16)15-11)7-6-10-4-2-1-3-5-10/h1-5,11-12H,6-9H2,(H,15,16)/t11-,12-/m1/s1. The lowest BCUT2D eigenvalue weighted by Gasteiger charge is -2.29. The van der Waals surface area contributed by atoms with Gasteiger partial charge in [-0.25, -0.2) is 4.79 Å². The van der Waals surface area contributed by atoms with Crippen molar-refractivity contribution in [2.75, 3.05) is 4.43 Å². The van der Waals surface area contributed by atoms with Gasteiger partial charge in [-0.3, -0.25) is 0 Å². The number of amides is 1. The van der Waals surface area contributed by atoms with Crippen molar-refractivity contribution in [3.63, 3.8) is 0 Å². The Kier molecular flexibility index (Phi) is 4.65. The average molecular weight is 345 g/mol. The maximum Gasteiger partial charge on any atom is 0.407 e. The van der Waals surface area contributed by atoms with Gasteiger partial charge in [0.15, 0.2) is 0 Å². The minimum absolute atomic E-state index is 0.0590. The normalized spacial score (nSPS) is 23.9. The summed E-state index contributed by atoms with van der Waals surface area (Å²) in [6.45, 7) is 0. The molecule has 1 N–H and O–H groups in total. The van der Waals surface area contributed by atoms with E-state index in [-0.39, 0.29) is 18.2 Å². The number of carbonyl (C=O) groups excluding carboxylic acids is 1. The van der Waals surface area contributed by atoms with Gasteiger partial charge in [0, 0.05) is 16.9 Å². The lowest BCUT2D eigenvalue weighted by atomic mass is 10.0. The predicted molar refractivity (Wildman–Crippen MR) is 75.5 cm³/mol. The first-order valence-corrected chi connectivity index (χ1v) is 7.37. The number of hydrogen-bond donors (Lipinski definition) is 1. The molecule has 1 aromatic rings. The van der Waals surface area contributed by atoms with Gasteiger partial charge in [0.2, 0.25) is 0 Å². The van der Waals surface area contributed by atoms with E-state index in [0.717, 1.165) is 23.7 Å². The lowest BCUT2D eigenvalue weighted by molar-refractivity contribution is 0.0581. The highest BCUT2D eigenvalue weighted by Gasteiger charge is 2.26. The molecule has 1 saturated heterocycles. The smallest absolute Gasteiger partial charge is 0.407 e. The van der Waals surface area contributed by atoms with Crippen molar-refractivity contribution in [3.8, 4) is 0 Å². The molecule has 1 heterocycles. The molecule has 0 bridgehead atoms. The van der Waals surface area contributed by atoms with E-state index in [4.69, 9.17) is 4.74 Å². The number of carbonyl (C=O) groups is 1. The number of alkyl carbamates (subject to hydrolysis) is 1. The summed E-state index contributed by atoms with van der Waals surface area (Å²) in [5.41, 5.74) is 1.30. The molecule has 4 heteroatoms. The molecule has 2 atom stereocenters. The number of rotatable bonds is 4. The van der Waals surface area contributed by atoms with Gasteiger partial charge >= 0.3 is 6.09 Å². The summed E-state index contributed by atoms with van der Waals surface area (Å²) in [5.74, 6) is 0. The topological polar surface area (TPSA) is 38.3 Å². The van der Waals surface area contributed by atoms with E-state index in [1.807, 2.05) is 18.2 Å². The third-order valence-corrected chi connectivity index (χ3v) is 3.99. The fourth-order valence-electron chi connectivity index (χ4n) is 2.03. The second kappa shape index (κ2) is 6.23. The Bertz CT molecular complexity index is 369. The van der Waals surface area contributed by atoms with E-state index in [0.29, 0.717) is 0 Å². The quantitative estimate of drug-likeness (QED) is 0.673. The summed E-state index contributed by atoms with van der Waals surface area (Å²) in [7, 11) is 0. The lowest BCUT2D eigenvalue weighted by Crippen LogP contribution is -2.46.